The van der Waals surface area contributed by atoms with Gasteiger partial charge in [-0.3, -0.25) is 10.1 Å². The zero-order valence-corrected chi connectivity index (χ0v) is 15.6. The van der Waals surface area contributed by atoms with Gasteiger partial charge in [0.05, 0.1) is 5.25 Å². The van der Waals surface area contributed by atoms with E-state index in [0.29, 0.717) is 11.7 Å². The molecule has 0 aliphatic heterocycles. The van der Waals surface area contributed by atoms with Crippen LogP contribution in [-0.4, -0.2) is 27.2 Å². The van der Waals surface area contributed by atoms with Gasteiger partial charge in [-0.15, -0.1) is 0 Å². The lowest BCUT2D eigenvalue weighted by atomic mass is 10.2. The Labute approximate surface area is 151 Å². The van der Waals surface area contributed by atoms with Crippen molar-refractivity contribution in [3.63, 3.8) is 0 Å². The second-order valence-corrected chi connectivity index (χ2v) is 7.03. The molecule has 2 rings (SSSR count). The summed E-state index contributed by atoms with van der Waals surface area (Å²) in [7, 11) is 0. The molecule has 1 aromatic heterocycles. The molecule has 0 radical (unpaired) electrons. The summed E-state index contributed by atoms with van der Waals surface area (Å²) < 4.78 is 0. The number of benzene rings is 1. The molecule has 2 aromatic rings. The highest BCUT2D eigenvalue weighted by molar-refractivity contribution is 8.00. The topological polar surface area (TPSA) is 84.0 Å². The lowest BCUT2D eigenvalue weighted by Gasteiger charge is -2.12. The van der Waals surface area contributed by atoms with E-state index in [9.17, 15) is 9.59 Å². The number of nitrogens with zero attached hydrogens (tertiary/aromatic N) is 2. The van der Waals surface area contributed by atoms with Gasteiger partial charge in [0.2, 0.25) is 5.91 Å². The quantitative estimate of drug-likeness (QED) is 0.634. The fourth-order valence-corrected chi connectivity index (χ4v) is 2.90. The number of nitrogens with one attached hydrogen (secondary N) is 2. The maximum absolute atomic E-state index is 12.2. The number of aryl methyl sites for hydroxylation is 2. The van der Waals surface area contributed by atoms with Crippen LogP contribution in [0.25, 0.3) is 0 Å². The number of carbonyl (C=O) groups is 2. The van der Waals surface area contributed by atoms with E-state index in [1.165, 1.54) is 11.8 Å². The van der Waals surface area contributed by atoms with Crippen molar-refractivity contribution in [2.45, 2.75) is 44.6 Å². The minimum atomic E-state index is -0.515. The third-order valence-corrected chi connectivity index (χ3v) is 4.76. The number of imide groups is 1. The SMILES string of the molecule is Cc1nc(S[C@H](C)C(=O)NC(=O)NCc2ccccc2)nc(C)c1C. The standard InChI is InChI=1S/C18H22N4O2S/c1-11-12(2)20-18(21-13(11)3)25-14(4)16(23)22-17(24)19-10-15-8-6-5-7-9-15/h5-9,14H,10H2,1-4H3,(H2,19,22,23,24)/t14-/m1/s1. The minimum absolute atomic E-state index is 0.362. The average molecular weight is 358 g/mol. The Morgan fingerprint density at radius 3 is 2.28 bits per heavy atom. The predicted molar refractivity (Wildman–Crippen MR) is 98.4 cm³/mol. The van der Waals surface area contributed by atoms with Crippen molar-refractivity contribution in [3.8, 4) is 0 Å². The molecule has 1 atom stereocenters. The van der Waals surface area contributed by atoms with Gasteiger partial charge in [-0.05, 0) is 38.8 Å². The van der Waals surface area contributed by atoms with Gasteiger partial charge in [-0.1, -0.05) is 42.1 Å². The summed E-state index contributed by atoms with van der Waals surface area (Å²) in [5.41, 5.74) is 3.79. The van der Waals surface area contributed by atoms with Crippen molar-refractivity contribution in [1.29, 1.82) is 0 Å². The van der Waals surface area contributed by atoms with Crippen LogP contribution < -0.4 is 10.6 Å². The molecule has 0 aliphatic carbocycles. The van der Waals surface area contributed by atoms with E-state index in [4.69, 9.17) is 0 Å². The Balaban J connectivity index is 1.86. The van der Waals surface area contributed by atoms with Gasteiger partial charge in [0.15, 0.2) is 5.16 Å². The minimum Gasteiger partial charge on any atom is -0.334 e. The molecule has 0 unspecified atom stereocenters. The Kier molecular flexibility index (Phi) is 6.52. The van der Waals surface area contributed by atoms with Crippen LogP contribution in [0.3, 0.4) is 0 Å². The molecule has 0 saturated carbocycles. The van der Waals surface area contributed by atoms with E-state index in [0.717, 1.165) is 22.5 Å². The second kappa shape index (κ2) is 8.62. The van der Waals surface area contributed by atoms with Gasteiger partial charge >= 0.3 is 6.03 Å². The molecule has 0 bridgehead atoms. The fourth-order valence-electron chi connectivity index (χ4n) is 2.04. The molecule has 0 aliphatic rings. The van der Waals surface area contributed by atoms with Crippen molar-refractivity contribution in [2.75, 3.05) is 0 Å². The molecule has 1 aromatic carbocycles. The van der Waals surface area contributed by atoms with E-state index >= 15 is 0 Å². The Morgan fingerprint density at radius 1 is 1.08 bits per heavy atom. The molecule has 3 amide bonds. The van der Waals surface area contributed by atoms with E-state index in [1.807, 2.05) is 51.1 Å². The lowest BCUT2D eigenvalue weighted by Crippen LogP contribution is -2.42. The van der Waals surface area contributed by atoms with Crippen LogP contribution >= 0.6 is 11.8 Å². The number of rotatable bonds is 5. The van der Waals surface area contributed by atoms with Gasteiger partial charge in [-0.25, -0.2) is 14.8 Å². The van der Waals surface area contributed by atoms with Crippen LogP contribution in [-0.2, 0) is 11.3 Å². The Bertz CT molecular complexity index is 742. The first kappa shape index (κ1) is 18.9. The van der Waals surface area contributed by atoms with Crippen molar-refractivity contribution in [1.82, 2.24) is 20.6 Å². The number of amides is 3. The summed E-state index contributed by atoms with van der Waals surface area (Å²) in [4.78, 5) is 32.8. The molecule has 1 heterocycles. The van der Waals surface area contributed by atoms with Crippen LogP contribution in [0.1, 0.15) is 29.4 Å². The van der Waals surface area contributed by atoms with E-state index < -0.39 is 11.3 Å². The number of carbonyl (C=O) groups excluding carboxylic acids is 2. The molecule has 6 nitrogen and oxygen atoms in total. The van der Waals surface area contributed by atoms with Gasteiger partial charge in [0.25, 0.3) is 0 Å². The lowest BCUT2D eigenvalue weighted by molar-refractivity contribution is -0.119. The highest BCUT2D eigenvalue weighted by Crippen LogP contribution is 2.21. The van der Waals surface area contributed by atoms with Crippen molar-refractivity contribution < 1.29 is 9.59 Å². The molecule has 2 N–H and O–H groups in total. The average Bonchev–Trinajstić information content (AvgIpc) is 2.58. The monoisotopic (exact) mass is 358 g/mol. The number of hydrogen-bond donors (Lipinski definition) is 2. The van der Waals surface area contributed by atoms with Gasteiger partial charge < -0.3 is 5.32 Å². The number of thioether (sulfide) groups is 1. The molecule has 7 heteroatoms. The normalized spacial score (nSPS) is 11.7. The predicted octanol–water partition coefficient (Wildman–Crippen LogP) is 2.91. The summed E-state index contributed by atoms with van der Waals surface area (Å²) in [6.07, 6.45) is 0. The summed E-state index contributed by atoms with van der Waals surface area (Å²) in [6, 6.07) is 8.98. The summed E-state index contributed by atoms with van der Waals surface area (Å²) in [5.74, 6) is -0.380. The molecule has 132 valence electrons. The van der Waals surface area contributed by atoms with Crippen molar-refractivity contribution in [2.24, 2.45) is 0 Å². The molecular weight excluding hydrogens is 336 g/mol. The molecular formula is C18H22N4O2S. The van der Waals surface area contributed by atoms with Gasteiger partial charge in [0, 0.05) is 17.9 Å². The second-order valence-electron chi connectivity index (χ2n) is 5.72. The zero-order valence-electron chi connectivity index (χ0n) is 14.8. The fraction of sp³-hybridized carbons (Fsp3) is 0.333. The number of hydrogen-bond acceptors (Lipinski definition) is 5. The van der Waals surface area contributed by atoms with Crippen LogP contribution in [0.5, 0.6) is 0 Å². The molecule has 0 saturated heterocycles. The number of urea groups is 1. The molecule has 0 spiro atoms. The third-order valence-electron chi connectivity index (χ3n) is 3.80. The third kappa shape index (κ3) is 5.56. The van der Waals surface area contributed by atoms with Crippen molar-refractivity contribution >= 4 is 23.7 Å². The smallest absolute Gasteiger partial charge is 0.321 e. The summed E-state index contributed by atoms with van der Waals surface area (Å²) in [6.45, 7) is 7.87. The van der Waals surface area contributed by atoms with Crippen LogP contribution in [0.4, 0.5) is 4.79 Å². The Morgan fingerprint density at radius 2 is 1.68 bits per heavy atom. The van der Waals surface area contributed by atoms with Crippen LogP contribution in [0.2, 0.25) is 0 Å². The van der Waals surface area contributed by atoms with Crippen LogP contribution in [0, 0.1) is 20.8 Å². The van der Waals surface area contributed by atoms with E-state index in [2.05, 4.69) is 20.6 Å². The first-order valence-electron chi connectivity index (χ1n) is 7.98. The van der Waals surface area contributed by atoms with Gasteiger partial charge in [-0.2, -0.15) is 0 Å². The number of aromatic nitrogens is 2. The highest BCUT2D eigenvalue weighted by Gasteiger charge is 2.19. The maximum Gasteiger partial charge on any atom is 0.321 e. The first-order chi connectivity index (χ1) is 11.9. The summed E-state index contributed by atoms with van der Waals surface area (Å²) >= 11 is 1.23. The van der Waals surface area contributed by atoms with E-state index in [-0.39, 0.29) is 5.91 Å². The Hall–Kier alpha value is -2.41. The highest BCUT2D eigenvalue weighted by atomic mass is 32.2. The van der Waals surface area contributed by atoms with Crippen molar-refractivity contribution in [3.05, 3.63) is 52.8 Å². The largest absolute Gasteiger partial charge is 0.334 e. The van der Waals surface area contributed by atoms with E-state index in [1.54, 1.807) is 6.92 Å². The van der Waals surface area contributed by atoms with Gasteiger partial charge in [0.1, 0.15) is 0 Å². The maximum atomic E-state index is 12.2. The summed E-state index contributed by atoms with van der Waals surface area (Å²) in [5, 5.41) is 5.06. The first-order valence-corrected chi connectivity index (χ1v) is 8.86. The van der Waals surface area contributed by atoms with Crippen LogP contribution in [0.15, 0.2) is 35.5 Å². The molecule has 25 heavy (non-hydrogen) atoms. The molecule has 0 fully saturated rings. The zero-order chi connectivity index (χ0) is 18.4.